The zero-order valence-corrected chi connectivity index (χ0v) is 14.3. The van der Waals surface area contributed by atoms with Crippen LogP contribution in [0.2, 0.25) is 0 Å². The van der Waals surface area contributed by atoms with Gasteiger partial charge in [0.25, 0.3) is 0 Å². The Kier molecular flexibility index (Phi) is 5.69. The first-order chi connectivity index (χ1) is 13.4. The van der Waals surface area contributed by atoms with Crippen LogP contribution >= 0.6 is 0 Å². The lowest BCUT2D eigenvalue weighted by Gasteiger charge is -2.16. The van der Waals surface area contributed by atoms with E-state index in [9.17, 15) is 17.6 Å². The van der Waals surface area contributed by atoms with Gasteiger partial charge in [-0.25, -0.2) is 9.37 Å². The summed E-state index contributed by atoms with van der Waals surface area (Å²) in [7, 11) is 0. The van der Waals surface area contributed by atoms with Gasteiger partial charge in [-0.15, -0.1) is 0 Å². The van der Waals surface area contributed by atoms with Crippen molar-refractivity contribution < 1.29 is 22.7 Å². The van der Waals surface area contributed by atoms with E-state index in [1.54, 1.807) is 18.3 Å². The lowest BCUT2D eigenvalue weighted by atomic mass is 10.1. The topological polar surface area (TPSA) is 83.0 Å². The largest absolute Gasteiger partial charge is 0.418 e. The molecule has 0 atom stereocenters. The predicted molar refractivity (Wildman–Crippen MR) is 95.5 cm³/mol. The fraction of sp³-hybridized carbons (Fsp3) is 0.167. The second kappa shape index (κ2) is 8.17. The summed E-state index contributed by atoms with van der Waals surface area (Å²) in [5, 5.41) is 14.1. The molecule has 2 aromatic heterocycles. The molecular weight excluding hydrogens is 378 g/mol. The van der Waals surface area contributed by atoms with Gasteiger partial charge in [-0.2, -0.15) is 18.2 Å². The first-order valence-corrected chi connectivity index (χ1v) is 8.15. The summed E-state index contributed by atoms with van der Waals surface area (Å²) >= 11 is 0. The molecule has 6 nitrogen and oxygen atoms in total. The minimum Gasteiger partial charge on any atom is -0.395 e. The molecule has 0 aliphatic heterocycles. The number of aliphatic hydroxyl groups is 1. The molecular formula is C18H15F4N5O. The molecule has 1 aromatic carbocycles. The van der Waals surface area contributed by atoms with Crippen LogP contribution in [0.3, 0.4) is 0 Å². The Hall–Kier alpha value is -3.27. The number of nitrogens with zero attached hydrogens (tertiary/aromatic N) is 3. The molecule has 3 rings (SSSR count). The van der Waals surface area contributed by atoms with Crippen LogP contribution in [0.25, 0.3) is 11.3 Å². The molecule has 3 N–H and O–H groups in total. The van der Waals surface area contributed by atoms with Crippen LogP contribution < -0.4 is 10.6 Å². The molecule has 0 unspecified atom stereocenters. The molecule has 0 saturated heterocycles. The van der Waals surface area contributed by atoms with Gasteiger partial charge in [0.1, 0.15) is 11.6 Å². The van der Waals surface area contributed by atoms with Crippen molar-refractivity contribution in [1.29, 1.82) is 0 Å². The van der Waals surface area contributed by atoms with Gasteiger partial charge in [0.15, 0.2) is 0 Å². The standard InChI is InChI=1S/C18H15F4N5O/c19-13-5-1-4-12(18(20,21)22)16(13)26-15-9-14(11-3-2-6-23-10-11)25-17(27-15)24-7-8-28/h1-6,9-10,28H,7-8H2,(H2,24,25,26,27). The molecule has 0 spiro atoms. The fourth-order valence-corrected chi connectivity index (χ4v) is 2.44. The monoisotopic (exact) mass is 393 g/mol. The summed E-state index contributed by atoms with van der Waals surface area (Å²) in [6.45, 7) is -0.0712. The van der Waals surface area contributed by atoms with E-state index in [-0.39, 0.29) is 24.9 Å². The zero-order chi connectivity index (χ0) is 20.1. The number of rotatable bonds is 6. The third-order valence-electron chi connectivity index (χ3n) is 3.65. The SMILES string of the molecule is OCCNc1nc(Nc2c(F)cccc2C(F)(F)F)cc(-c2cccnc2)n1. The van der Waals surface area contributed by atoms with Gasteiger partial charge in [-0.05, 0) is 24.3 Å². The van der Waals surface area contributed by atoms with Crippen molar-refractivity contribution in [1.82, 2.24) is 15.0 Å². The number of halogens is 4. The van der Waals surface area contributed by atoms with Gasteiger partial charge >= 0.3 is 6.18 Å². The molecule has 0 aliphatic rings. The number of aromatic nitrogens is 3. The summed E-state index contributed by atoms with van der Waals surface area (Å²) in [5.41, 5.74) is -0.946. The first kappa shape index (κ1) is 19.5. The Morgan fingerprint density at radius 3 is 2.57 bits per heavy atom. The van der Waals surface area contributed by atoms with Crippen LogP contribution in [-0.2, 0) is 6.18 Å². The summed E-state index contributed by atoms with van der Waals surface area (Å²) < 4.78 is 53.8. The molecule has 0 bridgehead atoms. The van der Waals surface area contributed by atoms with Crippen molar-refractivity contribution in [3.8, 4) is 11.3 Å². The molecule has 2 heterocycles. The number of alkyl halides is 3. The molecule has 3 aromatic rings. The van der Waals surface area contributed by atoms with Crippen LogP contribution in [0.1, 0.15) is 5.56 Å². The molecule has 0 fully saturated rings. The molecule has 0 amide bonds. The number of para-hydroxylation sites is 1. The van der Waals surface area contributed by atoms with E-state index in [1.807, 2.05) is 0 Å². The average Bonchev–Trinajstić information content (AvgIpc) is 2.67. The number of pyridine rings is 1. The van der Waals surface area contributed by atoms with Gasteiger partial charge in [-0.3, -0.25) is 4.98 Å². The van der Waals surface area contributed by atoms with Crippen molar-refractivity contribution in [2.75, 3.05) is 23.8 Å². The van der Waals surface area contributed by atoms with Gasteiger partial charge < -0.3 is 15.7 Å². The minimum absolute atomic E-state index is 0.0510. The Labute approximate surface area is 157 Å². The smallest absolute Gasteiger partial charge is 0.395 e. The maximum absolute atomic E-state index is 14.1. The second-order valence-electron chi connectivity index (χ2n) is 5.64. The number of nitrogens with one attached hydrogen (secondary N) is 2. The first-order valence-electron chi connectivity index (χ1n) is 8.15. The average molecular weight is 393 g/mol. The van der Waals surface area contributed by atoms with E-state index < -0.39 is 23.2 Å². The summed E-state index contributed by atoms with van der Waals surface area (Å²) in [4.78, 5) is 12.3. The van der Waals surface area contributed by atoms with Crippen molar-refractivity contribution in [2.45, 2.75) is 6.18 Å². The number of hydrogen-bond donors (Lipinski definition) is 3. The van der Waals surface area contributed by atoms with Gasteiger partial charge in [-0.1, -0.05) is 6.07 Å². The van der Waals surface area contributed by atoms with Crippen LogP contribution in [0.15, 0.2) is 48.8 Å². The van der Waals surface area contributed by atoms with Crippen LogP contribution in [0.4, 0.5) is 35.0 Å². The summed E-state index contributed by atoms with van der Waals surface area (Å²) in [6.07, 6.45) is -1.67. The Balaban J connectivity index is 2.05. The highest BCUT2D eigenvalue weighted by atomic mass is 19.4. The van der Waals surface area contributed by atoms with Gasteiger partial charge in [0, 0.05) is 30.6 Å². The molecule has 0 aliphatic carbocycles. The molecule has 0 radical (unpaired) electrons. The Morgan fingerprint density at radius 1 is 1.07 bits per heavy atom. The maximum atomic E-state index is 14.1. The normalized spacial score (nSPS) is 11.3. The van der Waals surface area contributed by atoms with E-state index in [4.69, 9.17) is 5.11 Å². The Bertz CT molecular complexity index is 950. The minimum atomic E-state index is -4.75. The highest BCUT2D eigenvalue weighted by Gasteiger charge is 2.35. The van der Waals surface area contributed by atoms with E-state index in [0.717, 1.165) is 18.2 Å². The Morgan fingerprint density at radius 2 is 1.89 bits per heavy atom. The highest BCUT2D eigenvalue weighted by Crippen LogP contribution is 2.37. The maximum Gasteiger partial charge on any atom is 0.418 e. The number of aliphatic hydroxyl groups excluding tert-OH is 1. The fourth-order valence-electron chi connectivity index (χ4n) is 2.44. The zero-order valence-electron chi connectivity index (χ0n) is 14.3. The van der Waals surface area contributed by atoms with Crippen LogP contribution in [0.5, 0.6) is 0 Å². The van der Waals surface area contributed by atoms with Crippen molar-refractivity contribution in [3.63, 3.8) is 0 Å². The lowest BCUT2D eigenvalue weighted by Crippen LogP contribution is -2.13. The van der Waals surface area contributed by atoms with E-state index in [2.05, 4.69) is 25.6 Å². The lowest BCUT2D eigenvalue weighted by molar-refractivity contribution is -0.137. The third kappa shape index (κ3) is 4.52. The van der Waals surface area contributed by atoms with Gasteiger partial charge in [0.2, 0.25) is 5.95 Å². The summed E-state index contributed by atoms with van der Waals surface area (Å²) in [6, 6.07) is 7.45. The highest BCUT2D eigenvalue weighted by molar-refractivity contribution is 5.68. The van der Waals surface area contributed by atoms with Crippen molar-refractivity contribution in [3.05, 3.63) is 60.2 Å². The number of anilines is 3. The third-order valence-corrected chi connectivity index (χ3v) is 3.65. The number of hydrogen-bond acceptors (Lipinski definition) is 6. The molecule has 28 heavy (non-hydrogen) atoms. The number of benzene rings is 1. The summed E-state index contributed by atoms with van der Waals surface area (Å²) in [5.74, 6) is -1.06. The predicted octanol–water partition coefficient (Wildman–Crippen LogP) is 3.84. The van der Waals surface area contributed by atoms with Crippen molar-refractivity contribution >= 4 is 17.5 Å². The van der Waals surface area contributed by atoms with E-state index >= 15 is 0 Å². The molecule has 0 saturated carbocycles. The second-order valence-corrected chi connectivity index (χ2v) is 5.64. The van der Waals surface area contributed by atoms with Crippen LogP contribution in [0, 0.1) is 5.82 Å². The quantitative estimate of drug-likeness (QED) is 0.552. The van der Waals surface area contributed by atoms with E-state index in [1.165, 1.54) is 12.3 Å². The van der Waals surface area contributed by atoms with E-state index in [0.29, 0.717) is 11.3 Å². The van der Waals surface area contributed by atoms with Crippen LogP contribution in [-0.4, -0.2) is 33.2 Å². The van der Waals surface area contributed by atoms with Gasteiger partial charge in [0.05, 0.1) is 23.6 Å². The molecule has 146 valence electrons. The van der Waals surface area contributed by atoms with Crippen molar-refractivity contribution in [2.24, 2.45) is 0 Å². The molecule has 10 heteroatoms.